The van der Waals surface area contributed by atoms with Crippen LogP contribution in [0.4, 0.5) is 19.0 Å². The average Bonchev–Trinajstić information content (AvgIpc) is 2.76. The van der Waals surface area contributed by atoms with Gasteiger partial charge in [-0.1, -0.05) is 0 Å². The molecular weight excluding hydrogens is 299 g/mol. The number of thiophene rings is 1. The molecule has 0 aliphatic carbocycles. The summed E-state index contributed by atoms with van der Waals surface area (Å²) in [6.45, 7) is 3.22. The Hall–Kier alpha value is -1.34. The highest BCUT2D eigenvalue weighted by molar-refractivity contribution is 7.18. The van der Waals surface area contributed by atoms with Crippen molar-refractivity contribution in [1.82, 2.24) is 9.88 Å². The number of anilines is 1. The third-order valence-electron chi connectivity index (χ3n) is 3.59. The molecule has 21 heavy (non-hydrogen) atoms. The van der Waals surface area contributed by atoms with Gasteiger partial charge in [-0.25, -0.2) is 4.98 Å². The fraction of sp³-hybridized carbons (Fsp3) is 0.500. The van der Waals surface area contributed by atoms with E-state index in [2.05, 4.69) is 16.0 Å². The quantitative estimate of drug-likeness (QED) is 0.848. The average molecular weight is 315 g/mol. The van der Waals surface area contributed by atoms with E-state index in [0.29, 0.717) is 26.2 Å². The highest BCUT2D eigenvalue weighted by Crippen LogP contribution is 2.26. The largest absolute Gasteiger partial charge is 0.401 e. The summed E-state index contributed by atoms with van der Waals surface area (Å²) in [5.41, 5.74) is 0. The summed E-state index contributed by atoms with van der Waals surface area (Å²) in [4.78, 5) is 10.3. The SMILES string of the molecule is Cc1cc2ccc(N3CCN(CC(F)(F)F)CC3)nc2s1. The molecule has 3 heterocycles. The predicted octanol–water partition coefficient (Wildman–Crippen LogP) is 3.29. The first kappa shape index (κ1) is 14.6. The van der Waals surface area contributed by atoms with Gasteiger partial charge in [0, 0.05) is 36.4 Å². The second-order valence-electron chi connectivity index (χ2n) is 5.30. The number of fused-ring (bicyclic) bond motifs is 1. The molecule has 1 aliphatic rings. The maximum Gasteiger partial charge on any atom is 0.401 e. The van der Waals surface area contributed by atoms with Gasteiger partial charge in [-0.2, -0.15) is 13.2 Å². The van der Waals surface area contributed by atoms with Crippen molar-refractivity contribution in [2.24, 2.45) is 0 Å². The van der Waals surface area contributed by atoms with Crippen molar-refractivity contribution in [3.63, 3.8) is 0 Å². The van der Waals surface area contributed by atoms with Crippen molar-refractivity contribution >= 4 is 27.4 Å². The van der Waals surface area contributed by atoms with Crippen molar-refractivity contribution < 1.29 is 13.2 Å². The number of aromatic nitrogens is 1. The first-order valence-corrected chi connectivity index (χ1v) is 7.64. The predicted molar refractivity (Wildman–Crippen MR) is 79.1 cm³/mol. The summed E-state index contributed by atoms with van der Waals surface area (Å²) < 4.78 is 37.1. The normalized spacial score (nSPS) is 17.6. The molecule has 2 aromatic rings. The Bertz CT molecular complexity index is 630. The lowest BCUT2D eigenvalue weighted by Gasteiger charge is -2.35. The summed E-state index contributed by atoms with van der Waals surface area (Å²) in [6.07, 6.45) is -4.12. The molecule has 114 valence electrons. The topological polar surface area (TPSA) is 19.4 Å². The van der Waals surface area contributed by atoms with E-state index in [1.54, 1.807) is 11.3 Å². The van der Waals surface area contributed by atoms with Gasteiger partial charge in [0.2, 0.25) is 0 Å². The van der Waals surface area contributed by atoms with Crippen LogP contribution in [0, 0.1) is 6.92 Å². The van der Waals surface area contributed by atoms with Crippen LogP contribution in [0.3, 0.4) is 0 Å². The van der Waals surface area contributed by atoms with Gasteiger partial charge < -0.3 is 4.90 Å². The Morgan fingerprint density at radius 2 is 1.90 bits per heavy atom. The zero-order chi connectivity index (χ0) is 15.0. The minimum atomic E-state index is -4.12. The number of pyridine rings is 1. The molecule has 0 spiro atoms. The molecule has 1 fully saturated rings. The van der Waals surface area contributed by atoms with Crippen molar-refractivity contribution in [3.05, 3.63) is 23.1 Å². The summed E-state index contributed by atoms with van der Waals surface area (Å²) in [5.74, 6) is 0.857. The van der Waals surface area contributed by atoms with Crippen LogP contribution in [0.2, 0.25) is 0 Å². The summed E-state index contributed by atoms with van der Waals surface area (Å²) in [5, 5.41) is 1.12. The number of halogens is 3. The zero-order valence-electron chi connectivity index (χ0n) is 11.7. The van der Waals surface area contributed by atoms with Gasteiger partial charge in [0.1, 0.15) is 10.6 Å². The molecule has 1 saturated heterocycles. The lowest BCUT2D eigenvalue weighted by molar-refractivity contribution is -0.146. The molecular formula is C14H16F3N3S. The third kappa shape index (κ3) is 3.47. The lowest BCUT2D eigenvalue weighted by atomic mass is 10.2. The molecule has 0 amide bonds. The van der Waals surface area contributed by atoms with E-state index in [1.807, 2.05) is 19.1 Å². The molecule has 0 aromatic carbocycles. The molecule has 0 saturated carbocycles. The first-order valence-electron chi connectivity index (χ1n) is 6.82. The minimum Gasteiger partial charge on any atom is -0.354 e. The molecule has 0 atom stereocenters. The van der Waals surface area contributed by atoms with E-state index in [4.69, 9.17) is 0 Å². The fourth-order valence-corrected chi connectivity index (χ4v) is 3.47. The highest BCUT2D eigenvalue weighted by Gasteiger charge is 2.32. The summed E-state index contributed by atoms with van der Waals surface area (Å²) in [6, 6.07) is 6.08. The van der Waals surface area contributed by atoms with E-state index < -0.39 is 12.7 Å². The Labute approximate surface area is 125 Å². The molecule has 2 aromatic heterocycles. The van der Waals surface area contributed by atoms with Crippen molar-refractivity contribution in [1.29, 1.82) is 0 Å². The van der Waals surface area contributed by atoms with E-state index in [-0.39, 0.29) is 0 Å². The smallest absolute Gasteiger partial charge is 0.354 e. The standard InChI is InChI=1S/C14H16F3N3S/c1-10-8-11-2-3-12(18-13(11)21-10)20-6-4-19(5-7-20)9-14(15,16)17/h2-3,8H,4-7,9H2,1H3. The van der Waals surface area contributed by atoms with E-state index in [0.717, 1.165) is 16.0 Å². The number of nitrogens with zero attached hydrogens (tertiary/aromatic N) is 3. The van der Waals surface area contributed by atoms with Gasteiger partial charge in [0.05, 0.1) is 6.54 Å². The van der Waals surface area contributed by atoms with Gasteiger partial charge >= 0.3 is 6.18 Å². The van der Waals surface area contributed by atoms with Crippen LogP contribution in [0.25, 0.3) is 10.2 Å². The molecule has 0 unspecified atom stereocenters. The van der Waals surface area contributed by atoms with Crippen LogP contribution in [0.15, 0.2) is 18.2 Å². The summed E-state index contributed by atoms with van der Waals surface area (Å²) in [7, 11) is 0. The van der Waals surface area contributed by atoms with Gasteiger partial charge in [-0.15, -0.1) is 11.3 Å². The van der Waals surface area contributed by atoms with Crippen molar-refractivity contribution in [2.45, 2.75) is 13.1 Å². The van der Waals surface area contributed by atoms with Crippen LogP contribution in [-0.2, 0) is 0 Å². The molecule has 0 radical (unpaired) electrons. The molecule has 0 N–H and O–H groups in total. The van der Waals surface area contributed by atoms with Gasteiger partial charge in [0.15, 0.2) is 0 Å². The van der Waals surface area contributed by atoms with Crippen LogP contribution in [0.5, 0.6) is 0 Å². The maximum absolute atomic E-state index is 12.4. The van der Waals surface area contributed by atoms with E-state index >= 15 is 0 Å². The van der Waals surface area contributed by atoms with Crippen molar-refractivity contribution in [3.8, 4) is 0 Å². The number of alkyl halides is 3. The molecule has 1 aliphatic heterocycles. The van der Waals surface area contributed by atoms with Crippen LogP contribution in [-0.4, -0.2) is 48.8 Å². The summed E-state index contributed by atoms with van der Waals surface area (Å²) >= 11 is 1.64. The number of hydrogen-bond donors (Lipinski definition) is 0. The zero-order valence-corrected chi connectivity index (χ0v) is 12.5. The highest BCUT2D eigenvalue weighted by atomic mass is 32.1. The lowest BCUT2D eigenvalue weighted by Crippen LogP contribution is -2.49. The van der Waals surface area contributed by atoms with Gasteiger partial charge in [-0.05, 0) is 25.1 Å². The number of rotatable bonds is 2. The Morgan fingerprint density at radius 3 is 2.57 bits per heavy atom. The van der Waals surface area contributed by atoms with Crippen LogP contribution >= 0.6 is 11.3 Å². The van der Waals surface area contributed by atoms with Gasteiger partial charge in [-0.3, -0.25) is 4.90 Å². The second-order valence-corrected chi connectivity index (χ2v) is 6.53. The van der Waals surface area contributed by atoms with Gasteiger partial charge in [0.25, 0.3) is 0 Å². The second kappa shape index (κ2) is 5.46. The number of aryl methyl sites for hydroxylation is 1. The fourth-order valence-electron chi connectivity index (χ4n) is 2.60. The molecule has 0 bridgehead atoms. The number of piperazine rings is 1. The van der Waals surface area contributed by atoms with Crippen LogP contribution in [0.1, 0.15) is 4.88 Å². The Kier molecular flexibility index (Phi) is 3.79. The monoisotopic (exact) mass is 315 g/mol. The Balaban J connectivity index is 1.67. The third-order valence-corrected chi connectivity index (χ3v) is 4.55. The molecule has 7 heteroatoms. The number of hydrogen-bond acceptors (Lipinski definition) is 4. The first-order chi connectivity index (χ1) is 9.90. The van der Waals surface area contributed by atoms with E-state index in [9.17, 15) is 13.2 Å². The molecule has 3 nitrogen and oxygen atoms in total. The Morgan fingerprint density at radius 1 is 1.19 bits per heavy atom. The maximum atomic E-state index is 12.4. The van der Waals surface area contributed by atoms with E-state index in [1.165, 1.54) is 9.78 Å². The minimum absolute atomic E-state index is 0.419. The van der Waals surface area contributed by atoms with Crippen molar-refractivity contribution in [2.75, 3.05) is 37.6 Å². The molecule has 3 rings (SSSR count). The van der Waals surface area contributed by atoms with Crippen LogP contribution < -0.4 is 4.90 Å².